The monoisotopic (exact) mass is 626 g/mol. The Morgan fingerprint density at radius 2 is 0.978 bits per heavy atom. The van der Waals surface area contributed by atoms with Crippen molar-refractivity contribution in [2.24, 2.45) is 0 Å². The molecular weight excluding hydrogens is 593 g/mol. The Kier molecular flexibility index (Phi) is 9.86. The first-order chi connectivity index (χ1) is 22.3. The summed E-state index contributed by atoms with van der Waals surface area (Å²) in [5.41, 5.74) is 2.53. The molecule has 0 aromatic heterocycles. The highest BCUT2D eigenvalue weighted by molar-refractivity contribution is 5.74. The van der Waals surface area contributed by atoms with E-state index in [0.29, 0.717) is 22.8 Å². The summed E-state index contributed by atoms with van der Waals surface area (Å²) in [5.74, 6) is 1.52. The SMILES string of the molecule is COc1cc(/C=C\c2ccc(OCC(F)(F)F)c(OC(c3ccccc3)(c3ccccc3)c3ccccc3)c2)cc(OC)c1OC. The summed E-state index contributed by atoms with van der Waals surface area (Å²) in [6.45, 7) is -1.47. The van der Waals surface area contributed by atoms with Crippen LogP contribution in [0.2, 0.25) is 0 Å². The van der Waals surface area contributed by atoms with E-state index >= 15 is 0 Å². The van der Waals surface area contributed by atoms with E-state index in [2.05, 4.69) is 0 Å². The van der Waals surface area contributed by atoms with E-state index in [-0.39, 0.29) is 11.5 Å². The lowest BCUT2D eigenvalue weighted by Crippen LogP contribution is -2.36. The quantitative estimate of drug-likeness (QED) is 0.102. The normalized spacial score (nSPS) is 11.7. The predicted octanol–water partition coefficient (Wildman–Crippen LogP) is 9.19. The van der Waals surface area contributed by atoms with Crippen molar-refractivity contribution in [1.82, 2.24) is 0 Å². The number of hydrogen-bond acceptors (Lipinski definition) is 5. The largest absolute Gasteiger partial charge is 0.493 e. The Hall–Kier alpha value is -5.37. The summed E-state index contributed by atoms with van der Waals surface area (Å²) >= 11 is 0. The van der Waals surface area contributed by atoms with Gasteiger partial charge in [0.15, 0.2) is 35.2 Å². The van der Waals surface area contributed by atoms with Crippen molar-refractivity contribution in [2.45, 2.75) is 11.8 Å². The molecule has 5 nitrogen and oxygen atoms in total. The number of benzene rings is 5. The maximum atomic E-state index is 13.4. The Bertz CT molecular complexity index is 1630. The minimum absolute atomic E-state index is 0.0468. The highest BCUT2D eigenvalue weighted by atomic mass is 19.4. The van der Waals surface area contributed by atoms with Gasteiger partial charge < -0.3 is 23.7 Å². The fraction of sp³-hybridized carbons (Fsp3) is 0.158. The van der Waals surface area contributed by atoms with Crippen molar-refractivity contribution in [1.29, 1.82) is 0 Å². The zero-order valence-electron chi connectivity index (χ0n) is 25.6. The standard InChI is InChI=1S/C38H33F3O5/c1-42-34-24-28(25-35(43-2)36(34)44-3)20-19-27-21-22-32(45-26-37(39,40)41)33(23-27)46-38(29-13-7-4-8-14-29,30-15-9-5-10-16-30)31-17-11-6-12-18-31/h4-25H,26H2,1-3H3/b20-19-. The van der Waals surface area contributed by atoms with Crippen molar-refractivity contribution in [3.8, 4) is 28.7 Å². The van der Waals surface area contributed by atoms with Crippen LogP contribution in [0.3, 0.4) is 0 Å². The van der Waals surface area contributed by atoms with Gasteiger partial charge in [-0.2, -0.15) is 13.2 Å². The van der Waals surface area contributed by atoms with E-state index in [9.17, 15) is 13.2 Å². The van der Waals surface area contributed by atoms with Gasteiger partial charge in [0.05, 0.1) is 21.3 Å². The zero-order chi connectivity index (χ0) is 32.6. The van der Waals surface area contributed by atoms with Crippen LogP contribution >= 0.6 is 0 Å². The van der Waals surface area contributed by atoms with Crippen molar-refractivity contribution in [2.75, 3.05) is 27.9 Å². The molecule has 46 heavy (non-hydrogen) atoms. The number of alkyl halides is 3. The van der Waals surface area contributed by atoms with Crippen LogP contribution in [0.15, 0.2) is 121 Å². The molecular formula is C38H33F3O5. The van der Waals surface area contributed by atoms with Crippen molar-refractivity contribution in [3.05, 3.63) is 149 Å². The van der Waals surface area contributed by atoms with E-state index in [1.54, 1.807) is 24.3 Å². The summed E-state index contributed by atoms with van der Waals surface area (Å²) in [7, 11) is 4.60. The molecule has 0 bridgehead atoms. The third-order valence-corrected chi connectivity index (χ3v) is 7.32. The van der Waals surface area contributed by atoms with E-state index in [1.807, 2.05) is 103 Å². The second kappa shape index (κ2) is 14.2. The predicted molar refractivity (Wildman–Crippen MR) is 173 cm³/mol. The fourth-order valence-electron chi connectivity index (χ4n) is 5.24. The molecule has 0 aliphatic heterocycles. The lowest BCUT2D eigenvalue weighted by atomic mass is 9.80. The number of rotatable bonds is 12. The van der Waals surface area contributed by atoms with Gasteiger partial charge in [0.2, 0.25) is 5.75 Å². The van der Waals surface area contributed by atoms with Crippen molar-refractivity contribution < 1.29 is 36.9 Å². The molecule has 0 fully saturated rings. The summed E-state index contributed by atoms with van der Waals surface area (Å²) in [4.78, 5) is 0. The molecule has 0 radical (unpaired) electrons. The van der Waals surface area contributed by atoms with Crippen LogP contribution in [-0.4, -0.2) is 34.1 Å². The third kappa shape index (κ3) is 7.12. The summed E-state index contributed by atoms with van der Waals surface area (Å²) in [6.07, 6.45) is -0.896. The average Bonchev–Trinajstić information content (AvgIpc) is 3.09. The van der Waals surface area contributed by atoms with Gasteiger partial charge >= 0.3 is 6.18 Å². The third-order valence-electron chi connectivity index (χ3n) is 7.32. The molecule has 0 spiro atoms. The lowest BCUT2D eigenvalue weighted by Gasteiger charge is -2.37. The van der Waals surface area contributed by atoms with Crippen LogP contribution < -0.4 is 23.7 Å². The van der Waals surface area contributed by atoms with Crippen molar-refractivity contribution >= 4 is 12.2 Å². The summed E-state index contributed by atoms with van der Waals surface area (Å²) < 4.78 is 68.8. The molecule has 236 valence electrons. The molecule has 5 rings (SSSR count). The lowest BCUT2D eigenvalue weighted by molar-refractivity contribution is -0.153. The number of hydrogen-bond donors (Lipinski definition) is 0. The first-order valence-corrected chi connectivity index (χ1v) is 14.4. The molecule has 5 aromatic rings. The van der Waals surface area contributed by atoms with E-state index < -0.39 is 18.4 Å². The van der Waals surface area contributed by atoms with Gasteiger partial charge in [-0.05, 0) is 35.4 Å². The average molecular weight is 627 g/mol. The van der Waals surface area contributed by atoms with Crippen LogP contribution in [0.25, 0.3) is 12.2 Å². The molecule has 0 saturated carbocycles. The highest BCUT2D eigenvalue weighted by Gasteiger charge is 2.40. The van der Waals surface area contributed by atoms with Crippen LogP contribution in [-0.2, 0) is 5.60 Å². The van der Waals surface area contributed by atoms with E-state index in [0.717, 1.165) is 22.3 Å². The van der Waals surface area contributed by atoms with Gasteiger partial charge in [0.25, 0.3) is 0 Å². The molecule has 5 aromatic carbocycles. The van der Waals surface area contributed by atoms with E-state index in [4.69, 9.17) is 23.7 Å². The molecule has 0 aliphatic carbocycles. The number of halogens is 3. The molecule has 0 aliphatic rings. The first kappa shape index (κ1) is 32.0. The Balaban J connectivity index is 1.66. The molecule has 0 atom stereocenters. The zero-order valence-corrected chi connectivity index (χ0v) is 25.6. The minimum Gasteiger partial charge on any atom is -0.493 e. The van der Waals surface area contributed by atoms with Gasteiger partial charge in [-0.1, -0.05) is 109 Å². The maximum absolute atomic E-state index is 13.4. The van der Waals surface area contributed by atoms with Crippen molar-refractivity contribution in [3.63, 3.8) is 0 Å². The molecule has 0 unspecified atom stereocenters. The molecule has 0 saturated heterocycles. The second-order valence-corrected chi connectivity index (χ2v) is 10.3. The molecule has 0 amide bonds. The van der Waals surface area contributed by atoms with Crippen LogP contribution in [0.5, 0.6) is 28.7 Å². The minimum atomic E-state index is -4.54. The highest BCUT2D eigenvalue weighted by Crippen LogP contribution is 2.44. The van der Waals surface area contributed by atoms with Crippen LogP contribution in [0.1, 0.15) is 27.8 Å². The molecule has 0 heterocycles. The Morgan fingerprint density at radius 3 is 1.41 bits per heavy atom. The van der Waals surface area contributed by atoms with Gasteiger partial charge in [-0.15, -0.1) is 0 Å². The van der Waals surface area contributed by atoms with Gasteiger partial charge in [-0.3, -0.25) is 0 Å². The van der Waals surface area contributed by atoms with Crippen LogP contribution in [0, 0.1) is 0 Å². The fourth-order valence-corrected chi connectivity index (χ4v) is 5.24. The Morgan fingerprint density at radius 1 is 0.522 bits per heavy atom. The molecule has 8 heteroatoms. The maximum Gasteiger partial charge on any atom is 0.422 e. The van der Waals surface area contributed by atoms with Gasteiger partial charge in [-0.25, -0.2) is 0 Å². The smallest absolute Gasteiger partial charge is 0.422 e. The van der Waals surface area contributed by atoms with E-state index in [1.165, 1.54) is 27.4 Å². The van der Waals surface area contributed by atoms with Crippen LogP contribution in [0.4, 0.5) is 13.2 Å². The number of ether oxygens (including phenoxy) is 5. The summed E-state index contributed by atoms with van der Waals surface area (Å²) in [6, 6.07) is 37.1. The Labute approximate surface area is 266 Å². The van der Waals surface area contributed by atoms with Gasteiger partial charge in [0.1, 0.15) is 0 Å². The molecule has 0 N–H and O–H groups in total. The first-order valence-electron chi connectivity index (χ1n) is 14.4. The summed E-state index contributed by atoms with van der Waals surface area (Å²) in [5, 5.41) is 0. The van der Waals surface area contributed by atoms with Gasteiger partial charge in [0, 0.05) is 16.7 Å². The number of methoxy groups -OCH3 is 3. The topological polar surface area (TPSA) is 46.2 Å². The second-order valence-electron chi connectivity index (χ2n) is 10.3.